The van der Waals surface area contributed by atoms with Crippen LogP contribution in [0, 0.1) is 41.5 Å². The predicted octanol–water partition coefficient (Wildman–Crippen LogP) is 13.4. The number of aryl methyl sites for hydroxylation is 6. The number of ether oxygens (including phenoxy) is 4. The lowest BCUT2D eigenvalue weighted by Crippen LogP contribution is -2.15. The standard InChI is InChI=1S/C62H60O8/c1-33-11-17-39(18-12-33)59-43-25-49(57(69-9)29-51(43)63)61(41-21-15-35(3)23-37(41)5)45-27-47(55(67-7)31-53(45)65)60(40-19-13-34(2)14-20-40)48-28-46(54(66)32-56(48)68-8)62(42-22-16-36(4)24-38(42)6)50-26-44(59)52(64)30-58(50)70-10/h11-32,59-66H,1-10H3. The second-order valence-electron chi connectivity index (χ2n) is 18.9. The van der Waals surface area contributed by atoms with Gasteiger partial charge in [0.1, 0.15) is 46.0 Å². The molecule has 8 bridgehead atoms. The average molecular weight is 933 g/mol. The molecule has 1 aliphatic rings. The lowest BCUT2D eigenvalue weighted by molar-refractivity contribution is 0.393. The van der Waals surface area contributed by atoms with Gasteiger partial charge in [0.05, 0.1) is 28.4 Å². The van der Waals surface area contributed by atoms with Crippen LogP contribution < -0.4 is 18.9 Å². The predicted molar refractivity (Wildman–Crippen MR) is 277 cm³/mol. The molecule has 0 fully saturated rings. The first-order valence-corrected chi connectivity index (χ1v) is 23.5. The highest BCUT2D eigenvalue weighted by Gasteiger charge is 2.36. The average Bonchev–Trinajstić information content (AvgIpc) is 3.34. The molecule has 8 aromatic rings. The third kappa shape index (κ3) is 8.42. The first kappa shape index (κ1) is 47.2. The maximum atomic E-state index is 12.5. The molecule has 0 aromatic heterocycles. The number of methoxy groups -OCH3 is 4. The summed E-state index contributed by atoms with van der Waals surface area (Å²) in [5, 5.41) is 49.9. The van der Waals surface area contributed by atoms with Crippen LogP contribution in [0.2, 0.25) is 0 Å². The van der Waals surface area contributed by atoms with Crippen molar-refractivity contribution in [2.45, 2.75) is 65.2 Å². The van der Waals surface area contributed by atoms with E-state index in [0.717, 1.165) is 66.8 Å². The minimum absolute atomic E-state index is 0.00757. The highest BCUT2D eigenvalue weighted by molar-refractivity contribution is 5.68. The molecule has 0 radical (unpaired) electrons. The smallest absolute Gasteiger partial charge is 0.126 e. The molecule has 0 heterocycles. The van der Waals surface area contributed by atoms with Crippen molar-refractivity contribution in [3.63, 3.8) is 0 Å². The van der Waals surface area contributed by atoms with E-state index in [-0.39, 0.29) is 23.0 Å². The molecule has 0 spiro atoms. The fourth-order valence-corrected chi connectivity index (χ4v) is 10.8. The first-order valence-electron chi connectivity index (χ1n) is 23.5. The van der Waals surface area contributed by atoms with Crippen molar-refractivity contribution in [1.29, 1.82) is 0 Å². The van der Waals surface area contributed by atoms with Crippen LogP contribution in [-0.2, 0) is 0 Å². The van der Waals surface area contributed by atoms with Gasteiger partial charge in [-0.2, -0.15) is 0 Å². The SMILES string of the molecule is COc1cc(O)c2cc1C(c1ccc(C)cc1)c1cc(c(O)cc1OC)C(c1ccc(C)cc1C)c1cc(c(O)cc1OC)C(c1ccc(C)cc1)c1cc(c(OC)cc1O)C2c1ccc(C)cc1C. The van der Waals surface area contributed by atoms with Crippen molar-refractivity contribution >= 4 is 0 Å². The number of aromatic hydroxyl groups is 4. The van der Waals surface area contributed by atoms with E-state index >= 15 is 0 Å². The Morgan fingerprint density at radius 1 is 0.271 bits per heavy atom. The van der Waals surface area contributed by atoms with Crippen LogP contribution in [0.5, 0.6) is 46.0 Å². The van der Waals surface area contributed by atoms with Crippen molar-refractivity contribution in [2.24, 2.45) is 0 Å². The minimum Gasteiger partial charge on any atom is -0.507 e. The maximum absolute atomic E-state index is 12.5. The van der Waals surface area contributed by atoms with Gasteiger partial charge in [-0.1, -0.05) is 107 Å². The number of hydrogen-bond acceptors (Lipinski definition) is 8. The first-order chi connectivity index (χ1) is 33.6. The Morgan fingerprint density at radius 2 is 0.529 bits per heavy atom. The van der Waals surface area contributed by atoms with E-state index in [2.05, 4.69) is 88.4 Å². The molecule has 8 nitrogen and oxygen atoms in total. The van der Waals surface area contributed by atoms with Crippen LogP contribution in [-0.4, -0.2) is 48.9 Å². The Kier molecular flexibility index (Phi) is 12.8. The molecular formula is C62H60O8. The van der Waals surface area contributed by atoms with E-state index in [9.17, 15) is 20.4 Å². The van der Waals surface area contributed by atoms with Gasteiger partial charge in [0, 0.05) is 92.4 Å². The van der Waals surface area contributed by atoms with E-state index in [0.29, 0.717) is 56.4 Å². The largest absolute Gasteiger partial charge is 0.507 e. The number of fused-ring (bicyclic) bond motifs is 8. The maximum Gasteiger partial charge on any atom is 0.126 e. The Labute approximate surface area is 411 Å². The topological polar surface area (TPSA) is 118 Å². The molecule has 0 saturated heterocycles. The second-order valence-corrected chi connectivity index (χ2v) is 18.9. The summed E-state index contributed by atoms with van der Waals surface area (Å²) in [7, 11) is 6.36. The van der Waals surface area contributed by atoms with Gasteiger partial charge < -0.3 is 39.4 Å². The third-order valence-electron chi connectivity index (χ3n) is 14.3. The number of benzene rings is 8. The zero-order chi connectivity index (χ0) is 49.7. The molecule has 356 valence electrons. The van der Waals surface area contributed by atoms with Crippen molar-refractivity contribution in [3.8, 4) is 46.0 Å². The van der Waals surface area contributed by atoms with Crippen LogP contribution in [0.25, 0.3) is 0 Å². The van der Waals surface area contributed by atoms with E-state index < -0.39 is 23.7 Å². The lowest BCUT2D eigenvalue weighted by Gasteiger charge is -2.31. The van der Waals surface area contributed by atoms with Gasteiger partial charge in [-0.05, 0) is 99.2 Å². The summed E-state index contributed by atoms with van der Waals surface area (Å²) in [5.74, 6) is -1.11. The molecule has 0 saturated carbocycles. The van der Waals surface area contributed by atoms with Gasteiger partial charge in [0.25, 0.3) is 0 Å². The van der Waals surface area contributed by atoms with E-state index in [1.807, 2.05) is 62.4 Å². The van der Waals surface area contributed by atoms with Gasteiger partial charge >= 0.3 is 0 Å². The number of phenolic OH excluding ortho intramolecular Hbond substituents is 4. The summed E-state index contributed by atoms with van der Waals surface area (Å²) in [6, 6.07) is 43.5. The van der Waals surface area contributed by atoms with Crippen LogP contribution in [0.3, 0.4) is 0 Å². The van der Waals surface area contributed by atoms with E-state index in [1.165, 1.54) is 0 Å². The fraction of sp³-hybridized carbons (Fsp3) is 0.226. The summed E-state index contributed by atoms with van der Waals surface area (Å²) in [6.45, 7) is 12.3. The molecular weight excluding hydrogens is 873 g/mol. The normalized spacial score (nSPS) is 16.4. The molecule has 1 aliphatic carbocycles. The monoisotopic (exact) mass is 932 g/mol. The highest BCUT2D eigenvalue weighted by Crippen LogP contribution is 2.54. The highest BCUT2D eigenvalue weighted by atomic mass is 16.5. The van der Waals surface area contributed by atoms with Gasteiger partial charge in [0.2, 0.25) is 0 Å². The molecule has 70 heavy (non-hydrogen) atoms. The summed E-state index contributed by atoms with van der Waals surface area (Å²) in [6.07, 6.45) is 0. The molecule has 8 aromatic carbocycles. The molecule has 4 N–H and O–H groups in total. The van der Waals surface area contributed by atoms with E-state index in [1.54, 1.807) is 52.7 Å². The second kappa shape index (κ2) is 18.9. The number of hydrogen-bond donors (Lipinski definition) is 4. The van der Waals surface area contributed by atoms with Crippen LogP contribution in [0.1, 0.15) is 124 Å². The van der Waals surface area contributed by atoms with Crippen molar-refractivity contribution in [3.05, 3.63) is 234 Å². The van der Waals surface area contributed by atoms with Gasteiger partial charge in [0.15, 0.2) is 0 Å². The number of phenols is 4. The fourth-order valence-electron chi connectivity index (χ4n) is 10.8. The van der Waals surface area contributed by atoms with Crippen LogP contribution >= 0.6 is 0 Å². The molecule has 0 aliphatic heterocycles. The molecule has 2 unspecified atom stereocenters. The van der Waals surface area contributed by atoms with Crippen molar-refractivity contribution in [2.75, 3.05) is 28.4 Å². The third-order valence-corrected chi connectivity index (χ3v) is 14.3. The van der Waals surface area contributed by atoms with Crippen molar-refractivity contribution in [1.82, 2.24) is 0 Å². The Morgan fingerprint density at radius 3 is 0.814 bits per heavy atom. The van der Waals surface area contributed by atoms with Crippen LogP contribution in [0.15, 0.2) is 133 Å². The molecule has 8 heteroatoms. The Hall–Kier alpha value is -7.84. The Bertz CT molecular complexity index is 3100. The van der Waals surface area contributed by atoms with Crippen LogP contribution in [0.4, 0.5) is 0 Å². The molecule has 0 amide bonds. The van der Waals surface area contributed by atoms with E-state index in [4.69, 9.17) is 18.9 Å². The Balaban J connectivity index is 1.53. The summed E-state index contributed by atoms with van der Waals surface area (Å²) >= 11 is 0. The van der Waals surface area contributed by atoms with Gasteiger partial charge in [-0.15, -0.1) is 0 Å². The quantitative estimate of drug-likeness (QED) is 0.119. The summed E-state index contributed by atoms with van der Waals surface area (Å²) in [4.78, 5) is 0. The van der Waals surface area contributed by atoms with Gasteiger partial charge in [-0.25, -0.2) is 0 Å². The molecule has 2 atom stereocenters. The zero-order valence-electron chi connectivity index (χ0n) is 41.4. The number of rotatable bonds is 8. The van der Waals surface area contributed by atoms with Gasteiger partial charge in [-0.3, -0.25) is 0 Å². The zero-order valence-corrected chi connectivity index (χ0v) is 41.4. The summed E-state index contributed by atoms with van der Waals surface area (Å²) in [5.41, 5.74) is 14.7. The molecule has 9 rings (SSSR count). The lowest BCUT2D eigenvalue weighted by atomic mass is 9.74. The minimum atomic E-state index is -0.756. The summed E-state index contributed by atoms with van der Waals surface area (Å²) < 4.78 is 24.9. The van der Waals surface area contributed by atoms with Crippen molar-refractivity contribution < 1.29 is 39.4 Å².